The lowest BCUT2D eigenvalue weighted by Crippen LogP contribution is -2.46. The number of carbonyl (C=O) groups is 1. The SMILES string of the molecule is CC(C)(C)OC(=O)N1CCC[C@H]1C(=S)NCc1ccccc1. The molecule has 1 N–H and O–H groups in total. The Bertz CT molecular complexity index is 525. The monoisotopic (exact) mass is 320 g/mol. The van der Waals surface area contributed by atoms with Crippen molar-refractivity contribution in [1.29, 1.82) is 0 Å². The van der Waals surface area contributed by atoms with E-state index in [2.05, 4.69) is 17.4 Å². The Morgan fingerprint density at radius 3 is 2.68 bits per heavy atom. The van der Waals surface area contributed by atoms with E-state index in [1.807, 2.05) is 39.0 Å². The van der Waals surface area contributed by atoms with Crippen LogP contribution in [-0.2, 0) is 11.3 Å². The van der Waals surface area contributed by atoms with Crippen LogP contribution in [0.25, 0.3) is 0 Å². The van der Waals surface area contributed by atoms with E-state index in [4.69, 9.17) is 17.0 Å². The van der Waals surface area contributed by atoms with Crippen molar-refractivity contribution >= 4 is 23.3 Å². The number of hydrogen-bond donors (Lipinski definition) is 1. The normalized spacial score (nSPS) is 18.1. The van der Waals surface area contributed by atoms with Gasteiger partial charge in [-0.2, -0.15) is 0 Å². The van der Waals surface area contributed by atoms with Crippen LogP contribution in [0.15, 0.2) is 30.3 Å². The third-order valence-corrected chi connectivity index (χ3v) is 3.91. The maximum Gasteiger partial charge on any atom is 0.410 e. The molecule has 1 atom stereocenters. The van der Waals surface area contributed by atoms with Gasteiger partial charge in [0.1, 0.15) is 5.60 Å². The van der Waals surface area contributed by atoms with E-state index >= 15 is 0 Å². The molecule has 0 bridgehead atoms. The molecule has 0 spiro atoms. The van der Waals surface area contributed by atoms with Crippen LogP contribution in [-0.4, -0.2) is 34.2 Å². The van der Waals surface area contributed by atoms with Gasteiger partial charge in [0.2, 0.25) is 0 Å². The topological polar surface area (TPSA) is 41.6 Å². The minimum Gasteiger partial charge on any atom is -0.444 e. The molecule has 0 aliphatic carbocycles. The Morgan fingerprint density at radius 1 is 1.36 bits per heavy atom. The van der Waals surface area contributed by atoms with Gasteiger partial charge < -0.3 is 10.1 Å². The van der Waals surface area contributed by atoms with E-state index in [0.29, 0.717) is 18.1 Å². The van der Waals surface area contributed by atoms with E-state index in [9.17, 15) is 4.79 Å². The second-order valence-electron chi connectivity index (χ2n) is 6.54. The Labute approximate surface area is 137 Å². The second kappa shape index (κ2) is 7.09. The zero-order valence-electron chi connectivity index (χ0n) is 13.5. The van der Waals surface area contributed by atoms with Crippen LogP contribution in [0.4, 0.5) is 4.79 Å². The Kier molecular flexibility index (Phi) is 5.40. The quantitative estimate of drug-likeness (QED) is 0.866. The van der Waals surface area contributed by atoms with E-state index in [-0.39, 0.29) is 12.1 Å². The molecule has 0 unspecified atom stereocenters. The summed E-state index contributed by atoms with van der Waals surface area (Å²) in [4.78, 5) is 14.7. The first-order valence-electron chi connectivity index (χ1n) is 7.68. The summed E-state index contributed by atoms with van der Waals surface area (Å²) in [5, 5.41) is 3.27. The maximum absolute atomic E-state index is 12.3. The molecule has 1 aromatic rings. The third kappa shape index (κ3) is 4.70. The van der Waals surface area contributed by atoms with Crippen LogP contribution in [0.2, 0.25) is 0 Å². The molecule has 1 aliphatic rings. The van der Waals surface area contributed by atoms with Crippen molar-refractivity contribution in [2.45, 2.75) is 51.8 Å². The average Bonchev–Trinajstić information content (AvgIpc) is 2.93. The standard InChI is InChI=1S/C17H24N2O2S/c1-17(2,3)21-16(20)19-11-7-10-14(19)15(22)18-12-13-8-5-4-6-9-13/h4-6,8-9,14H,7,10-12H2,1-3H3,(H,18,22)/t14-/m0/s1. The van der Waals surface area contributed by atoms with Crippen LogP contribution in [0.1, 0.15) is 39.2 Å². The molecule has 0 radical (unpaired) electrons. The molecule has 22 heavy (non-hydrogen) atoms. The molecular formula is C17H24N2O2S. The van der Waals surface area contributed by atoms with Gasteiger partial charge in [-0.1, -0.05) is 42.5 Å². The summed E-state index contributed by atoms with van der Waals surface area (Å²) in [7, 11) is 0. The van der Waals surface area contributed by atoms with Gasteiger partial charge in [-0.3, -0.25) is 4.90 Å². The summed E-state index contributed by atoms with van der Waals surface area (Å²) < 4.78 is 5.46. The summed E-state index contributed by atoms with van der Waals surface area (Å²) in [6, 6.07) is 10.0. The summed E-state index contributed by atoms with van der Waals surface area (Å²) in [6.07, 6.45) is 1.57. The zero-order valence-corrected chi connectivity index (χ0v) is 14.3. The fraction of sp³-hybridized carbons (Fsp3) is 0.529. The maximum atomic E-state index is 12.3. The molecule has 1 saturated heterocycles. The zero-order chi connectivity index (χ0) is 16.2. The van der Waals surface area contributed by atoms with Crippen LogP contribution in [0.5, 0.6) is 0 Å². The van der Waals surface area contributed by atoms with Crippen molar-refractivity contribution < 1.29 is 9.53 Å². The van der Waals surface area contributed by atoms with Gasteiger partial charge in [-0.25, -0.2) is 4.79 Å². The number of hydrogen-bond acceptors (Lipinski definition) is 3. The van der Waals surface area contributed by atoms with Gasteiger partial charge in [0, 0.05) is 13.1 Å². The van der Waals surface area contributed by atoms with Gasteiger partial charge >= 0.3 is 6.09 Å². The number of amides is 1. The highest BCUT2D eigenvalue weighted by molar-refractivity contribution is 7.80. The van der Waals surface area contributed by atoms with Crippen molar-refractivity contribution in [2.24, 2.45) is 0 Å². The predicted molar refractivity (Wildman–Crippen MR) is 91.8 cm³/mol. The van der Waals surface area contributed by atoms with Gasteiger partial charge in [0.25, 0.3) is 0 Å². The molecule has 5 heteroatoms. The highest BCUT2D eigenvalue weighted by Crippen LogP contribution is 2.21. The lowest BCUT2D eigenvalue weighted by Gasteiger charge is -2.29. The molecule has 120 valence electrons. The summed E-state index contributed by atoms with van der Waals surface area (Å²) in [5.74, 6) is 0. The molecule has 1 aromatic carbocycles. The smallest absolute Gasteiger partial charge is 0.410 e. The molecule has 1 heterocycles. The van der Waals surface area contributed by atoms with Gasteiger partial charge in [-0.15, -0.1) is 0 Å². The number of ether oxygens (including phenoxy) is 1. The number of thiocarbonyl (C=S) groups is 1. The number of benzene rings is 1. The number of nitrogens with zero attached hydrogens (tertiary/aromatic N) is 1. The van der Waals surface area contributed by atoms with Crippen LogP contribution < -0.4 is 5.32 Å². The van der Waals surface area contributed by atoms with E-state index in [1.54, 1.807) is 4.90 Å². The molecule has 4 nitrogen and oxygen atoms in total. The molecule has 2 rings (SSSR count). The van der Waals surface area contributed by atoms with Crippen LogP contribution in [0.3, 0.4) is 0 Å². The van der Waals surface area contributed by atoms with Crippen molar-refractivity contribution in [1.82, 2.24) is 10.2 Å². The first kappa shape index (κ1) is 16.7. The van der Waals surface area contributed by atoms with Crippen LogP contribution >= 0.6 is 12.2 Å². The lowest BCUT2D eigenvalue weighted by molar-refractivity contribution is 0.0265. The van der Waals surface area contributed by atoms with Crippen molar-refractivity contribution in [3.8, 4) is 0 Å². The minimum atomic E-state index is -0.483. The number of nitrogens with one attached hydrogen (secondary N) is 1. The van der Waals surface area contributed by atoms with E-state index in [0.717, 1.165) is 12.8 Å². The molecular weight excluding hydrogens is 296 g/mol. The molecule has 0 saturated carbocycles. The summed E-state index contributed by atoms with van der Waals surface area (Å²) >= 11 is 5.49. The molecule has 0 aromatic heterocycles. The Balaban J connectivity index is 1.92. The molecule has 1 amide bonds. The predicted octanol–water partition coefficient (Wildman–Crippen LogP) is 3.50. The summed E-state index contributed by atoms with van der Waals surface area (Å²) in [6.45, 7) is 7.01. The van der Waals surface area contributed by atoms with Gasteiger partial charge in [0.05, 0.1) is 11.0 Å². The highest BCUT2D eigenvalue weighted by atomic mass is 32.1. The first-order chi connectivity index (χ1) is 10.4. The Morgan fingerprint density at radius 2 is 2.05 bits per heavy atom. The second-order valence-corrected chi connectivity index (χ2v) is 6.97. The number of rotatable bonds is 3. The molecule has 1 fully saturated rings. The van der Waals surface area contributed by atoms with Crippen LogP contribution in [0, 0.1) is 0 Å². The van der Waals surface area contributed by atoms with Crippen molar-refractivity contribution in [3.05, 3.63) is 35.9 Å². The van der Waals surface area contributed by atoms with E-state index in [1.165, 1.54) is 5.56 Å². The van der Waals surface area contributed by atoms with Crippen molar-refractivity contribution in [2.75, 3.05) is 6.54 Å². The fourth-order valence-corrected chi connectivity index (χ4v) is 2.80. The van der Waals surface area contributed by atoms with Gasteiger partial charge in [-0.05, 0) is 39.2 Å². The number of likely N-dealkylation sites (tertiary alicyclic amines) is 1. The summed E-state index contributed by atoms with van der Waals surface area (Å²) in [5.41, 5.74) is 0.690. The third-order valence-electron chi connectivity index (χ3n) is 3.49. The highest BCUT2D eigenvalue weighted by Gasteiger charge is 2.34. The van der Waals surface area contributed by atoms with E-state index < -0.39 is 5.60 Å². The minimum absolute atomic E-state index is 0.0615. The lowest BCUT2D eigenvalue weighted by atomic mass is 10.2. The molecule has 1 aliphatic heterocycles. The van der Waals surface area contributed by atoms with Crippen molar-refractivity contribution in [3.63, 3.8) is 0 Å². The average molecular weight is 320 g/mol. The number of carbonyl (C=O) groups excluding carboxylic acids is 1. The Hall–Kier alpha value is -1.62. The van der Waals surface area contributed by atoms with Gasteiger partial charge in [0.15, 0.2) is 0 Å². The largest absolute Gasteiger partial charge is 0.444 e. The fourth-order valence-electron chi connectivity index (χ4n) is 2.48. The first-order valence-corrected chi connectivity index (χ1v) is 8.09.